The van der Waals surface area contributed by atoms with E-state index in [0.29, 0.717) is 0 Å². The summed E-state index contributed by atoms with van der Waals surface area (Å²) in [5.74, 6) is 1.01. The van der Waals surface area contributed by atoms with E-state index in [1.807, 2.05) is 0 Å². The molecule has 1 unspecified atom stereocenters. The molecule has 3 aromatic rings. The molecule has 0 spiro atoms. The molecule has 23 heavy (non-hydrogen) atoms. The van der Waals surface area contributed by atoms with Crippen molar-refractivity contribution < 1.29 is 0 Å². The van der Waals surface area contributed by atoms with Crippen molar-refractivity contribution in [3.63, 3.8) is 0 Å². The zero-order valence-corrected chi connectivity index (χ0v) is 14.4. The van der Waals surface area contributed by atoms with E-state index in [9.17, 15) is 0 Å². The molecule has 120 valence electrons. The summed E-state index contributed by atoms with van der Waals surface area (Å²) in [4.78, 5) is 4.92. The lowest BCUT2D eigenvalue weighted by molar-refractivity contribution is 0.551. The Labute approximate surface area is 138 Å². The Morgan fingerprint density at radius 1 is 1.09 bits per heavy atom. The minimum Gasteiger partial charge on any atom is -0.326 e. The second kappa shape index (κ2) is 6.17. The van der Waals surface area contributed by atoms with Gasteiger partial charge in [0.05, 0.1) is 11.0 Å². The second-order valence-corrected chi connectivity index (χ2v) is 6.51. The van der Waals surface area contributed by atoms with Crippen molar-refractivity contribution in [1.82, 2.24) is 9.55 Å². The number of hydrogen-bond donors (Lipinski definition) is 1. The highest BCUT2D eigenvalue weighted by Gasteiger charge is 2.15. The van der Waals surface area contributed by atoms with Gasteiger partial charge in [-0.25, -0.2) is 4.98 Å². The minimum absolute atomic E-state index is 0.137. The highest BCUT2D eigenvalue weighted by atomic mass is 15.1. The van der Waals surface area contributed by atoms with E-state index in [-0.39, 0.29) is 6.04 Å². The number of fused-ring (bicyclic) bond motifs is 1. The third-order valence-corrected chi connectivity index (χ3v) is 4.58. The first-order valence-corrected chi connectivity index (χ1v) is 8.29. The molecule has 1 heterocycles. The largest absolute Gasteiger partial charge is 0.326 e. The average molecular weight is 307 g/mol. The van der Waals surface area contributed by atoms with Crippen LogP contribution in [0.2, 0.25) is 0 Å². The maximum Gasteiger partial charge on any atom is 0.141 e. The number of aryl methyl sites for hydroxylation is 3. The van der Waals surface area contributed by atoms with Crippen molar-refractivity contribution in [2.45, 2.75) is 46.7 Å². The van der Waals surface area contributed by atoms with Gasteiger partial charge in [0.1, 0.15) is 5.82 Å². The number of benzene rings is 2. The quantitative estimate of drug-likeness (QED) is 0.778. The van der Waals surface area contributed by atoms with Gasteiger partial charge in [-0.3, -0.25) is 0 Å². The second-order valence-electron chi connectivity index (χ2n) is 6.51. The number of aromatic nitrogens is 2. The van der Waals surface area contributed by atoms with Crippen LogP contribution in [0.15, 0.2) is 36.4 Å². The van der Waals surface area contributed by atoms with Crippen LogP contribution in [0.5, 0.6) is 0 Å². The van der Waals surface area contributed by atoms with Gasteiger partial charge in [-0.2, -0.15) is 0 Å². The maximum absolute atomic E-state index is 6.25. The summed E-state index contributed by atoms with van der Waals surface area (Å²) in [6, 6.07) is 13.1. The fourth-order valence-electron chi connectivity index (χ4n) is 2.93. The van der Waals surface area contributed by atoms with Crippen molar-refractivity contribution >= 4 is 11.0 Å². The Kier molecular flexibility index (Phi) is 4.22. The lowest BCUT2D eigenvalue weighted by Gasteiger charge is -2.14. The number of nitrogens with two attached hydrogens (primary N) is 1. The van der Waals surface area contributed by atoms with Crippen molar-refractivity contribution in [2.75, 3.05) is 0 Å². The predicted molar refractivity (Wildman–Crippen MR) is 97.6 cm³/mol. The molecule has 1 atom stereocenters. The van der Waals surface area contributed by atoms with Crippen LogP contribution >= 0.6 is 0 Å². The van der Waals surface area contributed by atoms with Crippen molar-refractivity contribution in [1.29, 1.82) is 0 Å². The van der Waals surface area contributed by atoms with Gasteiger partial charge >= 0.3 is 0 Å². The Bertz CT molecular complexity index is 845. The normalized spacial score (nSPS) is 12.7. The van der Waals surface area contributed by atoms with Gasteiger partial charge in [0.2, 0.25) is 0 Å². The topological polar surface area (TPSA) is 43.8 Å². The van der Waals surface area contributed by atoms with E-state index in [0.717, 1.165) is 29.9 Å². The Morgan fingerprint density at radius 3 is 2.52 bits per heavy atom. The fraction of sp³-hybridized carbons (Fsp3) is 0.350. The monoisotopic (exact) mass is 307 g/mol. The highest BCUT2D eigenvalue weighted by Crippen LogP contribution is 2.28. The SMILES string of the molecule is CCC(N)Cn1c(-c2cccc(C)c2)nc2cc(C)c(C)cc21. The van der Waals surface area contributed by atoms with Gasteiger partial charge in [0.25, 0.3) is 0 Å². The lowest BCUT2D eigenvalue weighted by atomic mass is 10.1. The molecule has 3 rings (SSSR count). The zero-order valence-electron chi connectivity index (χ0n) is 14.4. The Balaban J connectivity index is 2.24. The summed E-state index contributed by atoms with van der Waals surface area (Å²) in [5.41, 5.74) is 13.4. The molecule has 0 saturated carbocycles. The smallest absolute Gasteiger partial charge is 0.141 e. The number of imidazole rings is 1. The molecular formula is C20H25N3. The van der Waals surface area contributed by atoms with Crippen LogP contribution in [0.3, 0.4) is 0 Å². The third-order valence-electron chi connectivity index (χ3n) is 4.58. The van der Waals surface area contributed by atoms with Crippen LogP contribution in [-0.4, -0.2) is 15.6 Å². The third kappa shape index (κ3) is 3.02. The van der Waals surface area contributed by atoms with E-state index >= 15 is 0 Å². The van der Waals surface area contributed by atoms with Gasteiger partial charge < -0.3 is 10.3 Å². The molecular weight excluding hydrogens is 282 g/mol. The molecule has 0 aliphatic heterocycles. The predicted octanol–water partition coefficient (Wildman–Crippen LogP) is 4.37. The lowest BCUT2D eigenvalue weighted by Crippen LogP contribution is -2.25. The van der Waals surface area contributed by atoms with Gasteiger partial charge in [-0.1, -0.05) is 30.7 Å². The molecule has 3 nitrogen and oxygen atoms in total. The van der Waals surface area contributed by atoms with Crippen molar-refractivity contribution in [2.24, 2.45) is 5.73 Å². The molecule has 0 aliphatic rings. The minimum atomic E-state index is 0.137. The van der Waals surface area contributed by atoms with Gasteiger partial charge in [-0.05, 0) is 56.5 Å². The van der Waals surface area contributed by atoms with E-state index < -0.39 is 0 Å². The molecule has 0 aliphatic carbocycles. The van der Waals surface area contributed by atoms with Crippen LogP contribution in [0.1, 0.15) is 30.0 Å². The van der Waals surface area contributed by atoms with Crippen LogP contribution in [0.4, 0.5) is 0 Å². The van der Waals surface area contributed by atoms with Gasteiger partial charge in [0, 0.05) is 18.2 Å². The van der Waals surface area contributed by atoms with E-state index in [1.54, 1.807) is 0 Å². The average Bonchev–Trinajstić information content (AvgIpc) is 2.85. The fourth-order valence-corrected chi connectivity index (χ4v) is 2.93. The summed E-state index contributed by atoms with van der Waals surface area (Å²) >= 11 is 0. The molecule has 0 radical (unpaired) electrons. The number of nitrogens with zero attached hydrogens (tertiary/aromatic N) is 2. The molecule has 0 amide bonds. The van der Waals surface area contributed by atoms with Crippen molar-refractivity contribution in [3.05, 3.63) is 53.1 Å². The van der Waals surface area contributed by atoms with E-state index in [4.69, 9.17) is 10.7 Å². The molecule has 0 fully saturated rings. The molecule has 0 saturated heterocycles. The number of rotatable bonds is 4. The van der Waals surface area contributed by atoms with E-state index in [1.165, 1.54) is 22.2 Å². The van der Waals surface area contributed by atoms with E-state index in [2.05, 4.69) is 68.7 Å². The van der Waals surface area contributed by atoms with Crippen molar-refractivity contribution in [3.8, 4) is 11.4 Å². The molecule has 1 aromatic heterocycles. The number of hydrogen-bond acceptors (Lipinski definition) is 2. The Hall–Kier alpha value is -2.13. The van der Waals surface area contributed by atoms with Gasteiger partial charge in [0.15, 0.2) is 0 Å². The molecule has 3 heteroatoms. The summed E-state index contributed by atoms with van der Waals surface area (Å²) in [7, 11) is 0. The van der Waals surface area contributed by atoms with Crippen LogP contribution < -0.4 is 5.73 Å². The first-order valence-electron chi connectivity index (χ1n) is 8.29. The van der Waals surface area contributed by atoms with Crippen LogP contribution in [0.25, 0.3) is 22.4 Å². The zero-order chi connectivity index (χ0) is 16.6. The first kappa shape index (κ1) is 15.8. The molecule has 2 N–H and O–H groups in total. The molecule has 0 bridgehead atoms. The maximum atomic E-state index is 6.25. The standard InChI is InChI=1S/C20H25N3/c1-5-17(21)12-23-19-11-15(4)14(3)10-18(19)22-20(23)16-8-6-7-13(2)9-16/h6-11,17H,5,12,21H2,1-4H3. The summed E-state index contributed by atoms with van der Waals surface area (Å²) in [5, 5.41) is 0. The summed E-state index contributed by atoms with van der Waals surface area (Å²) in [6.45, 7) is 9.32. The molecule has 2 aromatic carbocycles. The summed E-state index contributed by atoms with van der Waals surface area (Å²) < 4.78 is 2.28. The summed E-state index contributed by atoms with van der Waals surface area (Å²) in [6.07, 6.45) is 0.956. The Morgan fingerprint density at radius 2 is 1.83 bits per heavy atom. The van der Waals surface area contributed by atoms with Crippen LogP contribution in [-0.2, 0) is 6.54 Å². The first-order chi connectivity index (χ1) is 11.0. The highest BCUT2D eigenvalue weighted by molar-refractivity contribution is 5.82. The van der Waals surface area contributed by atoms with Crippen LogP contribution in [0, 0.1) is 20.8 Å². The van der Waals surface area contributed by atoms with Gasteiger partial charge in [-0.15, -0.1) is 0 Å².